The van der Waals surface area contributed by atoms with Gasteiger partial charge in [0.15, 0.2) is 0 Å². The lowest BCUT2D eigenvalue weighted by molar-refractivity contribution is -0.128. The van der Waals surface area contributed by atoms with Crippen molar-refractivity contribution in [3.05, 3.63) is 102 Å². The number of nitrogens with one attached hydrogen (secondary N) is 1. The number of furan rings is 1. The highest BCUT2D eigenvalue weighted by atomic mass is 32.2. The summed E-state index contributed by atoms with van der Waals surface area (Å²) in [6.45, 7) is 0.437. The monoisotopic (exact) mass is 428 g/mol. The van der Waals surface area contributed by atoms with E-state index in [1.54, 1.807) is 18.0 Å². The van der Waals surface area contributed by atoms with E-state index >= 15 is 0 Å². The van der Waals surface area contributed by atoms with Crippen molar-refractivity contribution in [3.8, 4) is 0 Å². The summed E-state index contributed by atoms with van der Waals surface area (Å²) in [6, 6.07) is 25.0. The minimum Gasteiger partial charge on any atom is -0.467 e. The molecule has 1 aliphatic rings. The van der Waals surface area contributed by atoms with Crippen LogP contribution in [0.4, 0.5) is 5.69 Å². The fourth-order valence-corrected chi connectivity index (χ4v) is 4.99. The zero-order chi connectivity index (χ0) is 21.2. The molecular formula is C25H20N2O3S. The summed E-state index contributed by atoms with van der Waals surface area (Å²) < 4.78 is 5.41. The number of hydrogen-bond donors (Lipinski definition) is 1. The molecule has 4 aromatic rings. The molecule has 1 atom stereocenters. The van der Waals surface area contributed by atoms with Gasteiger partial charge in [-0.3, -0.25) is 9.59 Å². The predicted octanol–water partition coefficient (Wildman–Crippen LogP) is 5.46. The average Bonchev–Trinajstić information content (AvgIpc) is 3.45. The van der Waals surface area contributed by atoms with Crippen LogP contribution in [0, 0.1) is 0 Å². The highest BCUT2D eigenvalue weighted by Crippen LogP contribution is 2.39. The van der Waals surface area contributed by atoms with E-state index in [-0.39, 0.29) is 17.2 Å². The summed E-state index contributed by atoms with van der Waals surface area (Å²) in [5.41, 5.74) is 2.35. The van der Waals surface area contributed by atoms with Gasteiger partial charge >= 0.3 is 0 Å². The van der Waals surface area contributed by atoms with E-state index in [4.69, 9.17) is 4.42 Å². The molecule has 1 fully saturated rings. The molecule has 0 radical (unpaired) electrons. The van der Waals surface area contributed by atoms with Crippen LogP contribution in [0.2, 0.25) is 0 Å². The molecule has 0 aliphatic carbocycles. The molecule has 0 unspecified atom stereocenters. The van der Waals surface area contributed by atoms with Crippen molar-refractivity contribution in [3.63, 3.8) is 0 Å². The third-order valence-corrected chi connectivity index (χ3v) is 6.63. The molecule has 1 aromatic heterocycles. The SMILES string of the molecule is O=C(Nc1cccc2ccccc12)c1ccc([C@@H]2SCC(=O)N2Cc2ccco2)cc1. The van der Waals surface area contributed by atoms with Gasteiger partial charge in [-0.05, 0) is 41.3 Å². The Morgan fingerprint density at radius 3 is 2.61 bits per heavy atom. The lowest BCUT2D eigenvalue weighted by Crippen LogP contribution is -2.27. The molecule has 1 N–H and O–H groups in total. The van der Waals surface area contributed by atoms with Gasteiger partial charge < -0.3 is 14.6 Å². The fraction of sp³-hybridized carbons (Fsp3) is 0.120. The van der Waals surface area contributed by atoms with E-state index in [1.165, 1.54) is 0 Å². The summed E-state index contributed by atoms with van der Waals surface area (Å²) in [4.78, 5) is 27.0. The first-order valence-electron chi connectivity index (χ1n) is 10.0. The van der Waals surface area contributed by atoms with Crippen molar-refractivity contribution < 1.29 is 14.0 Å². The van der Waals surface area contributed by atoms with Crippen LogP contribution in [-0.2, 0) is 11.3 Å². The molecule has 31 heavy (non-hydrogen) atoms. The second-order valence-electron chi connectivity index (χ2n) is 7.37. The number of anilines is 1. The van der Waals surface area contributed by atoms with E-state index < -0.39 is 0 Å². The van der Waals surface area contributed by atoms with E-state index in [9.17, 15) is 9.59 Å². The zero-order valence-corrected chi connectivity index (χ0v) is 17.5. The number of amides is 2. The molecule has 3 aromatic carbocycles. The van der Waals surface area contributed by atoms with Gasteiger partial charge in [0.05, 0.1) is 18.6 Å². The van der Waals surface area contributed by atoms with Crippen molar-refractivity contribution in [1.82, 2.24) is 4.90 Å². The minimum atomic E-state index is -0.162. The third-order valence-electron chi connectivity index (χ3n) is 5.37. The van der Waals surface area contributed by atoms with Crippen LogP contribution in [0.3, 0.4) is 0 Å². The highest BCUT2D eigenvalue weighted by Gasteiger charge is 2.33. The maximum absolute atomic E-state index is 12.8. The Hall–Kier alpha value is -3.51. The lowest BCUT2D eigenvalue weighted by atomic mass is 10.1. The maximum atomic E-state index is 12.8. The van der Waals surface area contributed by atoms with Crippen molar-refractivity contribution in [2.45, 2.75) is 11.9 Å². The van der Waals surface area contributed by atoms with Crippen molar-refractivity contribution in [2.24, 2.45) is 0 Å². The number of fused-ring (bicyclic) bond motifs is 1. The maximum Gasteiger partial charge on any atom is 0.255 e. The number of carbonyl (C=O) groups is 2. The number of nitrogens with zero attached hydrogens (tertiary/aromatic N) is 1. The van der Waals surface area contributed by atoms with Crippen molar-refractivity contribution in [2.75, 3.05) is 11.1 Å². The molecule has 2 heterocycles. The number of carbonyl (C=O) groups excluding carboxylic acids is 2. The van der Waals surface area contributed by atoms with Gasteiger partial charge in [0.2, 0.25) is 5.91 Å². The van der Waals surface area contributed by atoms with Crippen LogP contribution in [0.1, 0.15) is 27.1 Å². The van der Waals surface area contributed by atoms with Gasteiger partial charge in [0.25, 0.3) is 5.91 Å². The topological polar surface area (TPSA) is 62.6 Å². The first-order valence-corrected chi connectivity index (χ1v) is 11.1. The predicted molar refractivity (Wildman–Crippen MR) is 123 cm³/mol. The normalized spacial score (nSPS) is 16.1. The molecule has 5 rings (SSSR count). The molecule has 6 heteroatoms. The quantitative estimate of drug-likeness (QED) is 0.459. The van der Waals surface area contributed by atoms with E-state index in [1.807, 2.05) is 83.8 Å². The summed E-state index contributed by atoms with van der Waals surface area (Å²) in [5, 5.41) is 5.01. The Morgan fingerprint density at radius 1 is 1.00 bits per heavy atom. The van der Waals surface area contributed by atoms with Crippen LogP contribution in [0.25, 0.3) is 10.8 Å². The van der Waals surface area contributed by atoms with Crippen LogP contribution in [-0.4, -0.2) is 22.5 Å². The molecule has 154 valence electrons. The average molecular weight is 429 g/mol. The van der Waals surface area contributed by atoms with E-state index in [0.29, 0.717) is 17.9 Å². The van der Waals surface area contributed by atoms with Gasteiger partial charge in [0.1, 0.15) is 11.1 Å². The first-order chi connectivity index (χ1) is 15.2. The number of hydrogen-bond acceptors (Lipinski definition) is 4. The second kappa shape index (κ2) is 8.32. The van der Waals surface area contributed by atoms with Crippen molar-refractivity contribution in [1.29, 1.82) is 0 Å². The molecular weight excluding hydrogens is 408 g/mol. The zero-order valence-electron chi connectivity index (χ0n) is 16.7. The Bertz CT molecular complexity index is 1230. The molecule has 1 aliphatic heterocycles. The minimum absolute atomic E-state index is 0.0872. The lowest BCUT2D eigenvalue weighted by Gasteiger charge is -2.23. The van der Waals surface area contributed by atoms with Gasteiger partial charge in [-0.15, -0.1) is 11.8 Å². The Morgan fingerprint density at radius 2 is 1.81 bits per heavy atom. The summed E-state index contributed by atoms with van der Waals surface area (Å²) in [5.74, 6) is 1.12. The molecule has 5 nitrogen and oxygen atoms in total. The van der Waals surface area contributed by atoms with Gasteiger partial charge in [0, 0.05) is 16.6 Å². The smallest absolute Gasteiger partial charge is 0.255 e. The van der Waals surface area contributed by atoms with Gasteiger partial charge in [-0.25, -0.2) is 0 Å². The molecule has 2 amide bonds. The third kappa shape index (κ3) is 3.94. The van der Waals surface area contributed by atoms with Crippen LogP contribution in [0.15, 0.2) is 89.5 Å². The standard InChI is InChI=1S/C25H20N2O3S/c28-23-16-31-25(27(23)15-20-7-4-14-30-20)19-12-10-18(11-13-19)24(29)26-22-9-3-6-17-5-1-2-8-21(17)22/h1-14,25H,15-16H2,(H,26,29)/t25-/m0/s1. The summed E-state index contributed by atoms with van der Waals surface area (Å²) >= 11 is 1.59. The summed E-state index contributed by atoms with van der Waals surface area (Å²) in [6.07, 6.45) is 1.61. The first kappa shape index (κ1) is 19.5. The number of rotatable bonds is 5. The highest BCUT2D eigenvalue weighted by molar-refractivity contribution is 8.00. The van der Waals surface area contributed by atoms with Crippen LogP contribution in [0.5, 0.6) is 0 Å². The summed E-state index contributed by atoms with van der Waals surface area (Å²) in [7, 11) is 0. The molecule has 1 saturated heterocycles. The fourth-order valence-electron chi connectivity index (χ4n) is 3.80. The Balaban J connectivity index is 1.33. The van der Waals surface area contributed by atoms with E-state index in [0.717, 1.165) is 27.8 Å². The van der Waals surface area contributed by atoms with Crippen LogP contribution < -0.4 is 5.32 Å². The number of thioether (sulfide) groups is 1. The van der Waals surface area contributed by atoms with E-state index in [2.05, 4.69) is 5.32 Å². The van der Waals surface area contributed by atoms with Gasteiger partial charge in [-0.2, -0.15) is 0 Å². The Labute approximate surface area is 184 Å². The second-order valence-corrected chi connectivity index (χ2v) is 8.44. The number of benzene rings is 3. The van der Waals surface area contributed by atoms with Crippen molar-refractivity contribution >= 4 is 40.0 Å². The molecule has 0 bridgehead atoms. The molecule has 0 spiro atoms. The van der Waals surface area contributed by atoms with Gasteiger partial charge in [-0.1, -0.05) is 48.5 Å². The Kier molecular flexibility index (Phi) is 5.22. The molecule has 0 saturated carbocycles. The van der Waals surface area contributed by atoms with Crippen LogP contribution >= 0.6 is 11.8 Å². The largest absolute Gasteiger partial charge is 0.467 e.